The highest BCUT2D eigenvalue weighted by atomic mass is 16.5. The summed E-state index contributed by atoms with van der Waals surface area (Å²) in [7, 11) is 2.21. The summed E-state index contributed by atoms with van der Waals surface area (Å²) in [5, 5.41) is 0. The van der Waals surface area contributed by atoms with Crippen molar-refractivity contribution in [1.82, 2.24) is 4.90 Å². The average molecular weight is 295 g/mol. The lowest BCUT2D eigenvalue weighted by Gasteiger charge is -2.28. The summed E-state index contributed by atoms with van der Waals surface area (Å²) in [6.45, 7) is 3.30. The molecule has 2 aromatic rings. The average Bonchev–Trinajstić information content (AvgIpc) is 2.58. The zero-order chi connectivity index (χ0) is 15.2. The molecule has 2 heteroatoms. The predicted octanol–water partition coefficient (Wildman–Crippen LogP) is 4.46. The predicted molar refractivity (Wildman–Crippen MR) is 92.2 cm³/mol. The van der Waals surface area contributed by atoms with Crippen molar-refractivity contribution in [3.8, 4) is 16.9 Å². The molecular formula is C20H25NO. The van der Waals surface area contributed by atoms with Crippen LogP contribution in [-0.4, -0.2) is 31.6 Å². The Labute approximate surface area is 133 Å². The maximum atomic E-state index is 5.91. The fourth-order valence-electron chi connectivity index (χ4n) is 3.07. The second-order valence-corrected chi connectivity index (χ2v) is 6.27. The largest absolute Gasteiger partial charge is 0.494 e. The van der Waals surface area contributed by atoms with Crippen LogP contribution < -0.4 is 4.74 Å². The van der Waals surface area contributed by atoms with Gasteiger partial charge in [-0.25, -0.2) is 0 Å². The molecule has 0 unspecified atom stereocenters. The van der Waals surface area contributed by atoms with E-state index in [1.54, 1.807) is 0 Å². The molecule has 0 aliphatic carbocycles. The summed E-state index contributed by atoms with van der Waals surface area (Å²) >= 11 is 0. The van der Waals surface area contributed by atoms with Gasteiger partial charge in [-0.05, 0) is 68.6 Å². The van der Waals surface area contributed by atoms with Crippen LogP contribution in [0.15, 0.2) is 54.6 Å². The second kappa shape index (κ2) is 7.46. The van der Waals surface area contributed by atoms with Gasteiger partial charge < -0.3 is 9.64 Å². The molecule has 2 nitrogen and oxygen atoms in total. The monoisotopic (exact) mass is 295 g/mol. The van der Waals surface area contributed by atoms with Crippen LogP contribution in [0.5, 0.6) is 5.75 Å². The molecule has 1 aliphatic rings. The highest BCUT2D eigenvalue weighted by Gasteiger charge is 2.16. The SMILES string of the molecule is CN1CCC(CCOc2ccc(-c3ccccc3)cc2)CC1. The first kappa shape index (κ1) is 15.1. The van der Waals surface area contributed by atoms with Crippen LogP contribution in [0, 0.1) is 5.92 Å². The van der Waals surface area contributed by atoms with Gasteiger partial charge >= 0.3 is 0 Å². The van der Waals surface area contributed by atoms with E-state index in [1.807, 2.05) is 6.07 Å². The lowest BCUT2D eigenvalue weighted by molar-refractivity contribution is 0.187. The highest BCUT2D eigenvalue weighted by molar-refractivity contribution is 5.63. The first-order chi connectivity index (χ1) is 10.8. The molecule has 0 radical (unpaired) electrons. The lowest BCUT2D eigenvalue weighted by atomic mass is 9.94. The quantitative estimate of drug-likeness (QED) is 0.807. The van der Waals surface area contributed by atoms with Crippen molar-refractivity contribution in [2.75, 3.05) is 26.7 Å². The third kappa shape index (κ3) is 4.11. The smallest absolute Gasteiger partial charge is 0.119 e. The van der Waals surface area contributed by atoms with Gasteiger partial charge in [-0.2, -0.15) is 0 Å². The van der Waals surface area contributed by atoms with Crippen LogP contribution >= 0.6 is 0 Å². The Morgan fingerprint density at radius 3 is 2.23 bits per heavy atom. The maximum absolute atomic E-state index is 5.91. The first-order valence-corrected chi connectivity index (χ1v) is 8.28. The van der Waals surface area contributed by atoms with E-state index < -0.39 is 0 Å². The lowest BCUT2D eigenvalue weighted by Crippen LogP contribution is -2.30. The molecular weight excluding hydrogens is 270 g/mol. The van der Waals surface area contributed by atoms with Crippen molar-refractivity contribution < 1.29 is 4.74 Å². The van der Waals surface area contributed by atoms with E-state index in [-0.39, 0.29) is 0 Å². The Hall–Kier alpha value is -1.80. The van der Waals surface area contributed by atoms with Crippen LogP contribution in [0.1, 0.15) is 19.3 Å². The molecule has 0 aromatic heterocycles. The molecule has 0 N–H and O–H groups in total. The van der Waals surface area contributed by atoms with Crippen LogP contribution in [0.3, 0.4) is 0 Å². The van der Waals surface area contributed by atoms with Crippen LogP contribution in [0.4, 0.5) is 0 Å². The van der Waals surface area contributed by atoms with E-state index >= 15 is 0 Å². The molecule has 0 bridgehead atoms. The molecule has 2 aromatic carbocycles. The van der Waals surface area contributed by atoms with E-state index in [9.17, 15) is 0 Å². The topological polar surface area (TPSA) is 12.5 Å². The van der Waals surface area contributed by atoms with Gasteiger partial charge in [0.2, 0.25) is 0 Å². The zero-order valence-electron chi connectivity index (χ0n) is 13.4. The Balaban J connectivity index is 1.47. The minimum absolute atomic E-state index is 0.832. The van der Waals surface area contributed by atoms with Gasteiger partial charge in [-0.3, -0.25) is 0 Å². The molecule has 0 saturated carbocycles. The molecule has 3 rings (SSSR count). The van der Waals surface area contributed by atoms with Gasteiger partial charge in [0, 0.05) is 0 Å². The van der Waals surface area contributed by atoms with Gasteiger partial charge in [0.05, 0.1) is 6.61 Å². The molecule has 0 spiro atoms. The van der Waals surface area contributed by atoms with E-state index in [2.05, 4.69) is 60.5 Å². The minimum Gasteiger partial charge on any atom is -0.494 e. The first-order valence-electron chi connectivity index (χ1n) is 8.28. The number of likely N-dealkylation sites (tertiary alicyclic amines) is 1. The molecule has 22 heavy (non-hydrogen) atoms. The van der Waals surface area contributed by atoms with Crippen molar-refractivity contribution in [3.05, 3.63) is 54.6 Å². The molecule has 0 amide bonds. The standard InChI is InChI=1S/C20H25NO/c1-21-14-11-17(12-15-21)13-16-22-20-9-7-19(8-10-20)18-5-3-2-4-6-18/h2-10,17H,11-16H2,1H3. The second-order valence-electron chi connectivity index (χ2n) is 6.27. The number of benzene rings is 2. The third-order valence-electron chi connectivity index (χ3n) is 4.59. The molecule has 1 aliphatic heterocycles. The fraction of sp³-hybridized carbons (Fsp3) is 0.400. The van der Waals surface area contributed by atoms with Crippen LogP contribution in [-0.2, 0) is 0 Å². The molecule has 116 valence electrons. The Morgan fingerprint density at radius 1 is 0.909 bits per heavy atom. The number of piperidine rings is 1. The highest BCUT2D eigenvalue weighted by Crippen LogP contribution is 2.23. The Bertz CT molecular complexity index is 556. The zero-order valence-corrected chi connectivity index (χ0v) is 13.4. The van der Waals surface area contributed by atoms with Gasteiger partial charge in [0.25, 0.3) is 0 Å². The minimum atomic E-state index is 0.832. The molecule has 1 fully saturated rings. The van der Waals surface area contributed by atoms with E-state index in [1.165, 1.54) is 43.5 Å². The number of rotatable bonds is 5. The fourth-order valence-corrected chi connectivity index (χ4v) is 3.07. The maximum Gasteiger partial charge on any atom is 0.119 e. The number of hydrogen-bond donors (Lipinski definition) is 0. The third-order valence-corrected chi connectivity index (χ3v) is 4.59. The number of ether oxygens (including phenoxy) is 1. The van der Waals surface area contributed by atoms with Crippen molar-refractivity contribution in [3.63, 3.8) is 0 Å². The number of hydrogen-bond acceptors (Lipinski definition) is 2. The molecule has 0 atom stereocenters. The Morgan fingerprint density at radius 2 is 1.55 bits per heavy atom. The molecule has 1 saturated heterocycles. The van der Waals surface area contributed by atoms with Crippen molar-refractivity contribution in [1.29, 1.82) is 0 Å². The summed E-state index contributed by atoms with van der Waals surface area (Å²) in [5.41, 5.74) is 2.49. The Kier molecular flexibility index (Phi) is 5.12. The normalized spacial score (nSPS) is 16.6. The summed E-state index contributed by atoms with van der Waals surface area (Å²) in [6, 6.07) is 18.9. The van der Waals surface area contributed by atoms with Crippen LogP contribution in [0.2, 0.25) is 0 Å². The van der Waals surface area contributed by atoms with E-state index in [0.717, 1.165) is 18.3 Å². The summed E-state index contributed by atoms with van der Waals surface area (Å²) in [6.07, 6.45) is 3.80. The molecule has 1 heterocycles. The van der Waals surface area contributed by atoms with Crippen molar-refractivity contribution in [2.45, 2.75) is 19.3 Å². The van der Waals surface area contributed by atoms with E-state index in [0.29, 0.717) is 0 Å². The van der Waals surface area contributed by atoms with Crippen molar-refractivity contribution in [2.24, 2.45) is 5.92 Å². The van der Waals surface area contributed by atoms with E-state index in [4.69, 9.17) is 4.74 Å². The summed E-state index contributed by atoms with van der Waals surface area (Å²) in [4.78, 5) is 2.42. The van der Waals surface area contributed by atoms with Gasteiger partial charge in [0.15, 0.2) is 0 Å². The van der Waals surface area contributed by atoms with Gasteiger partial charge in [0.1, 0.15) is 5.75 Å². The summed E-state index contributed by atoms with van der Waals surface area (Å²) in [5.74, 6) is 1.81. The van der Waals surface area contributed by atoms with Crippen molar-refractivity contribution >= 4 is 0 Å². The van der Waals surface area contributed by atoms with Gasteiger partial charge in [-0.15, -0.1) is 0 Å². The van der Waals surface area contributed by atoms with Crippen LogP contribution in [0.25, 0.3) is 11.1 Å². The van der Waals surface area contributed by atoms with Gasteiger partial charge in [-0.1, -0.05) is 42.5 Å². The summed E-state index contributed by atoms with van der Waals surface area (Å²) < 4.78 is 5.91. The number of nitrogens with zero attached hydrogens (tertiary/aromatic N) is 1.